The van der Waals surface area contributed by atoms with Crippen molar-refractivity contribution in [1.29, 1.82) is 0 Å². The number of nitrogens with zero attached hydrogens (tertiary/aromatic N) is 4. The summed E-state index contributed by atoms with van der Waals surface area (Å²) in [5.41, 5.74) is 1.56. The van der Waals surface area contributed by atoms with E-state index < -0.39 is 10.0 Å². The van der Waals surface area contributed by atoms with Crippen molar-refractivity contribution in [3.05, 3.63) is 41.8 Å². The van der Waals surface area contributed by atoms with Crippen LogP contribution in [0.5, 0.6) is 11.5 Å². The van der Waals surface area contributed by atoms with Crippen LogP contribution >= 0.6 is 24.0 Å². The number of guanidine groups is 1. The van der Waals surface area contributed by atoms with E-state index in [0.717, 1.165) is 29.4 Å². The standard InChI is InChI=1S/C19H25N5O5S.HI/c1-20-19(21-6-4-15-2-3-17-18(12-15)28-14-27-17)23-7-9-24(10-8-23)30(25,26)13-16-5-11-29-22-16;/h2-3,5,11-12H,4,6-10,13-14H2,1H3,(H,20,21);1H. The van der Waals surface area contributed by atoms with Crippen LogP contribution in [0.3, 0.4) is 0 Å². The Morgan fingerprint density at radius 1 is 1.16 bits per heavy atom. The van der Waals surface area contributed by atoms with Gasteiger partial charge in [-0.05, 0) is 24.1 Å². The van der Waals surface area contributed by atoms with Gasteiger partial charge in [0.05, 0.1) is 5.69 Å². The molecule has 2 aromatic rings. The van der Waals surface area contributed by atoms with Crippen molar-refractivity contribution in [2.24, 2.45) is 4.99 Å². The molecule has 31 heavy (non-hydrogen) atoms. The molecule has 0 spiro atoms. The molecular formula is C19H26IN5O5S. The van der Waals surface area contributed by atoms with Crippen LogP contribution in [0.1, 0.15) is 11.3 Å². The zero-order chi connectivity index (χ0) is 21.0. The van der Waals surface area contributed by atoms with Gasteiger partial charge in [0.25, 0.3) is 0 Å². The first-order chi connectivity index (χ1) is 14.5. The average Bonchev–Trinajstić information content (AvgIpc) is 3.42. The smallest absolute Gasteiger partial charge is 0.231 e. The average molecular weight is 563 g/mol. The van der Waals surface area contributed by atoms with E-state index in [0.29, 0.717) is 38.4 Å². The van der Waals surface area contributed by atoms with Gasteiger partial charge in [-0.15, -0.1) is 24.0 Å². The lowest BCUT2D eigenvalue weighted by Crippen LogP contribution is -2.54. The molecule has 2 aliphatic rings. The molecule has 3 heterocycles. The van der Waals surface area contributed by atoms with Crippen molar-refractivity contribution in [2.45, 2.75) is 12.2 Å². The van der Waals surface area contributed by atoms with Gasteiger partial charge in [-0.25, -0.2) is 8.42 Å². The van der Waals surface area contributed by atoms with Gasteiger partial charge in [0.15, 0.2) is 17.5 Å². The van der Waals surface area contributed by atoms with Gasteiger partial charge >= 0.3 is 0 Å². The second-order valence-corrected chi connectivity index (χ2v) is 9.01. The summed E-state index contributed by atoms with van der Waals surface area (Å²) in [6.45, 7) is 2.93. The number of fused-ring (bicyclic) bond motifs is 1. The van der Waals surface area contributed by atoms with Crippen molar-refractivity contribution < 1.29 is 22.4 Å². The van der Waals surface area contributed by atoms with Crippen molar-refractivity contribution >= 4 is 40.0 Å². The third-order valence-corrected chi connectivity index (χ3v) is 6.91. The van der Waals surface area contributed by atoms with Crippen molar-refractivity contribution in [3.63, 3.8) is 0 Å². The number of halogens is 1. The van der Waals surface area contributed by atoms with Gasteiger partial charge in [0.2, 0.25) is 16.8 Å². The molecule has 0 saturated carbocycles. The highest BCUT2D eigenvalue weighted by atomic mass is 127. The Kier molecular flexibility index (Phi) is 8.00. The molecule has 1 fully saturated rings. The number of hydrogen-bond donors (Lipinski definition) is 1. The van der Waals surface area contributed by atoms with E-state index in [2.05, 4.69) is 20.4 Å². The van der Waals surface area contributed by atoms with Gasteiger partial charge in [0, 0.05) is 45.8 Å². The summed E-state index contributed by atoms with van der Waals surface area (Å²) in [7, 11) is -1.69. The second kappa shape index (κ2) is 10.5. The number of sulfonamides is 1. The third kappa shape index (κ3) is 5.80. The molecule has 4 rings (SSSR count). The molecule has 0 radical (unpaired) electrons. The first-order valence-corrected chi connectivity index (χ1v) is 11.4. The highest BCUT2D eigenvalue weighted by Crippen LogP contribution is 2.32. The predicted octanol–water partition coefficient (Wildman–Crippen LogP) is 1.29. The number of aliphatic imine (C=N–C) groups is 1. The minimum absolute atomic E-state index is 0. The summed E-state index contributed by atoms with van der Waals surface area (Å²) >= 11 is 0. The summed E-state index contributed by atoms with van der Waals surface area (Å²) in [5.74, 6) is 2.18. The maximum atomic E-state index is 12.6. The fraction of sp³-hybridized carbons (Fsp3) is 0.474. The maximum Gasteiger partial charge on any atom is 0.231 e. The zero-order valence-corrected chi connectivity index (χ0v) is 20.3. The number of rotatable bonds is 6. The Labute approximate surface area is 198 Å². The lowest BCUT2D eigenvalue weighted by atomic mass is 10.1. The van der Waals surface area contributed by atoms with Crippen LogP contribution in [-0.4, -0.2) is 75.3 Å². The highest BCUT2D eigenvalue weighted by Gasteiger charge is 2.29. The molecule has 12 heteroatoms. The topological polar surface area (TPSA) is 110 Å². The minimum atomic E-state index is -3.42. The molecule has 1 saturated heterocycles. The number of nitrogens with one attached hydrogen (secondary N) is 1. The van der Waals surface area contributed by atoms with Gasteiger partial charge in [-0.3, -0.25) is 4.99 Å². The van der Waals surface area contributed by atoms with Crippen molar-refractivity contribution in [2.75, 3.05) is 46.6 Å². The first kappa shape index (κ1) is 23.6. The molecule has 1 N–H and O–H groups in total. The summed E-state index contributed by atoms with van der Waals surface area (Å²) < 4.78 is 42.1. The van der Waals surface area contributed by atoms with E-state index in [4.69, 9.17) is 14.0 Å². The Morgan fingerprint density at radius 3 is 2.65 bits per heavy atom. The Hall–Kier alpha value is -2.06. The monoisotopic (exact) mass is 563 g/mol. The molecule has 10 nitrogen and oxygen atoms in total. The van der Waals surface area contributed by atoms with Gasteiger partial charge < -0.3 is 24.2 Å². The Bertz CT molecular complexity index is 991. The molecule has 0 bridgehead atoms. The van der Waals surface area contributed by atoms with Crippen LogP contribution in [0.15, 0.2) is 40.0 Å². The van der Waals surface area contributed by atoms with Crippen LogP contribution in [0.25, 0.3) is 0 Å². The maximum absolute atomic E-state index is 12.6. The zero-order valence-electron chi connectivity index (χ0n) is 17.2. The van der Waals surface area contributed by atoms with E-state index in [1.165, 1.54) is 10.6 Å². The van der Waals surface area contributed by atoms with Gasteiger partial charge in [-0.1, -0.05) is 11.2 Å². The summed E-state index contributed by atoms with van der Waals surface area (Å²) in [5, 5.41) is 7.05. The fourth-order valence-corrected chi connectivity index (χ4v) is 4.94. The molecule has 0 aliphatic carbocycles. The van der Waals surface area contributed by atoms with E-state index in [9.17, 15) is 8.42 Å². The number of hydrogen-bond acceptors (Lipinski definition) is 7. The molecule has 1 aromatic carbocycles. The molecular weight excluding hydrogens is 537 g/mol. The summed E-state index contributed by atoms with van der Waals surface area (Å²) in [6.07, 6.45) is 2.18. The minimum Gasteiger partial charge on any atom is -0.454 e. The normalized spacial score (nSPS) is 16.8. The number of ether oxygens (including phenoxy) is 2. The van der Waals surface area contributed by atoms with Crippen LogP contribution in [0.4, 0.5) is 0 Å². The van der Waals surface area contributed by atoms with E-state index in [1.807, 2.05) is 18.2 Å². The Balaban J connectivity index is 0.00000272. The molecule has 0 unspecified atom stereocenters. The van der Waals surface area contributed by atoms with Crippen LogP contribution in [-0.2, 0) is 22.2 Å². The number of piperazine rings is 1. The fourth-order valence-electron chi connectivity index (χ4n) is 3.52. The van der Waals surface area contributed by atoms with Crippen molar-refractivity contribution in [3.8, 4) is 11.5 Å². The summed E-state index contributed by atoms with van der Waals surface area (Å²) in [4.78, 5) is 6.42. The van der Waals surface area contributed by atoms with Crippen LogP contribution in [0, 0.1) is 0 Å². The quantitative estimate of drug-likeness (QED) is 0.318. The summed E-state index contributed by atoms with van der Waals surface area (Å²) in [6, 6.07) is 7.51. The highest BCUT2D eigenvalue weighted by molar-refractivity contribution is 14.0. The molecule has 2 aliphatic heterocycles. The molecule has 1 aromatic heterocycles. The Morgan fingerprint density at radius 2 is 1.94 bits per heavy atom. The SMILES string of the molecule is CN=C(NCCc1ccc2c(c1)OCO2)N1CCN(S(=O)(=O)Cc2ccon2)CC1.I. The lowest BCUT2D eigenvalue weighted by Gasteiger charge is -2.35. The van der Waals surface area contributed by atoms with Crippen molar-refractivity contribution in [1.82, 2.24) is 19.7 Å². The van der Waals surface area contributed by atoms with E-state index >= 15 is 0 Å². The lowest BCUT2D eigenvalue weighted by molar-refractivity contribution is 0.174. The van der Waals surface area contributed by atoms with Crippen LogP contribution < -0.4 is 14.8 Å². The van der Waals surface area contributed by atoms with E-state index in [-0.39, 0.29) is 36.5 Å². The van der Waals surface area contributed by atoms with Gasteiger partial charge in [0.1, 0.15) is 12.0 Å². The molecule has 0 atom stereocenters. The van der Waals surface area contributed by atoms with E-state index in [1.54, 1.807) is 13.1 Å². The molecule has 170 valence electrons. The third-order valence-electron chi connectivity index (χ3n) is 5.10. The van der Waals surface area contributed by atoms with Crippen LogP contribution in [0.2, 0.25) is 0 Å². The van der Waals surface area contributed by atoms with Gasteiger partial charge in [-0.2, -0.15) is 4.31 Å². The number of aromatic nitrogens is 1. The molecule has 0 amide bonds. The predicted molar refractivity (Wildman–Crippen MR) is 125 cm³/mol. The first-order valence-electron chi connectivity index (χ1n) is 9.76. The largest absolute Gasteiger partial charge is 0.454 e. The second-order valence-electron chi connectivity index (χ2n) is 7.04. The number of benzene rings is 1.